The highest BCUT2D eigenvalue weighted by atomic mass is 32.2. The molecule has 0 saturated carbocycles. The van der Waals surface area contributed by atoms with Gasteiger partial charge in [0.05, 0.1) is 23.1 Å². The van der Waals surface area contributed by atoms with Gasteiger partial charge in [-0.25, -0.2) is 9.78 Å². The Hall–Kier alpha value is -1.22. The van der Waals surface area contributed by atoms with Crippen molar-refractivity contribution in [3.8, 4) is 0 Å². The molecule has 2 aliphatic heterocycles. The third kappa shape index (κ3) is 3.47. The molecule has 1 aromatic heterocycles. The number of aliphatic hydroxyl groups excluding tert-OH is 1. The lowest BCUT2D eigenvalue weighted by Crippen LogP contribution is -2.63. The average molecular weight is 409 g/mol. The van der Waals surface area contributed by atoms with Crippen LogP contribution in [0.5, 0.6) is 0 Å². The van der Waals surface area contributed by atoms with Gasteiger partial charge in [-0.3, -0.25) is 4.79 Å². The van der Waals surface area contributed by atoms with Crippen LogP contribution in [0.4, 0.5) is 0 Å². The van der Waals surface area contributed by atoms with Crippen molar-refractivity contribution in [1.82, 2.24) is 9.88 Å². The van der Waals surface area contributed by atoms with Gasteiger partial charge >= 0.3 is 5.97 Å². The lowest BCUT2D eigenvalue weighted by atomic mass is 9.79. The van der Waals surface area contributed by atoms with Gasteiger partial charge in [0.1, 0.15) is 5.70 Å². The van der Waals surface area contributed by atoms with Gasteiger partial charge in [-0.15, -0.1) is 23.1 Å². The van der Waals surface area contributed by atoms with Gasteiger partial charge in [0.25, 0.3) is 7.98 Å². The number of hydrogen-bond donors (Lipinski definition) is 1. The van der Waals surface area contributed by atoms with Crippen molar-refractivity contribution in [2.75, 3.05) is 5.75 Å². The molecule has 136 valence electrons. The number of carbonyl (C=O) groups is 2. The molecule has 1 saturated heterocycles. The highest BCUT2D eigenvalue weighted by Crippen LogP contribution is 2.50. The number of thiazole rings is 1. The first-order valence-electron chi connectivity index (χ1n) is 8.05. The molecular formula is C15H17BN3O4PS2. The van der Waals surface area contributed by atoms with Crippen LogP contribution in [0.15, 0.2) is 26.8 Å². The first kappa shape index (κ1) is 19.5. The number of rotatable bonds is 7. The molecule has 4 unspecified atom stereocenters. The maximum atomic E-state index is 12.5. The minimum Gasteiger partial charge on any atom is -0.393 e. The first-order valence-corrected chi connectivity index (χ1v) is 10.7. The highest BCUT2D eigenvalue weighted by molar-refractivity contribution is 8.03. The Morgan fingerprint density at radius 2 is 2.42 bits per heavy atom. The second kappa shape index (κ2) is 8.21. The molecule has 0 aliphatic carbocycles. The molecule has 1 N–H and O–H groups in total. The van der Waals surface area contributed by atoms with Crippen molar-refractivity contribution in [3.05, 3.63) is 27.2 Å². The van der Waals surface area contributed by atoms with Crippen LogP contribution in [0.2, 0.25) is 0 Å². The van der Waals surface area contributed by atoms with Crippen molar-refractivity contribution >= 4 is 51.6 Å². The van der Waals surface area contributed by atoms with Gasteiger partial charge in [0.2, 0.25) is 14.5 Å². The quantitative estimate of drug-likeness (QED) is 0.422. The Morgan fingerprint density at radius 1 is 1.65 bits per heavy atom. The zero-order valence-corrected chi connectivity index (χ0v) is 16.8. The van der Waals surface area contributed by atoms with E-state index in [0.29, 0.717) is 0 Å². The van der Waals surface area contributed by atoms with Crippen LogP contribution in [0.1, 0.15) is 18.9 Å². The summed E-state index contributed by atoms with van der Waals surface area (Å²) < 4.78 is 8.27. The van der Waals surface area contributed by atoms with E-state index in [0.717, 1.165) is 22.1 Å². The number of aryl methyl sites for hydroxylation is 1. The van der Waals surface area contributed by atoms with Crippen molar-refractivity contribution in [2.45, 2.75) is 32.4 Å². The summed E-state index contributed by atoms with van der Waals surface area (Å²) in [5.41, 5.74) is 0.254. The standard InChI is InChI=1S/C15H17BN3O4PS2/c1-7-11-10(8(2)20)14(21)19(11)12(15(22)23-24-18-16)13(7)26-5-3-9-17-4-6-25-9/h4,6-8,10-11,20H,3,5H2,1-2H3. The maximum Gasteiger partial charge on any atom is 0.365 e. The SMILES string of the molecule is [B]N=POC(=O)C1=C(SCCc2nccs2)C(C)C2C(C(C)O)C(=O)N12. The lowest BCUT2D eigenvalue weighted by molar-refractivity contribution is -0.162. The molecular weight excluding hydrogens is 392 g/mol. The van der Waals surface area contributed by atoms with Crippen LogP contribution < -0.4 is 0 Å². The zero-order valence-electron chi connectivity index (χ0n) is 14.2. The number of aliphatic hydroxyl groups is 1. The molecule has 2 aliphatic rings. The smallest absolute Gasteiger partial charge is 0.365 e. The van der Waals surface area contributed by atoms with Crippen LogP contribution in [0.3, 0.4) is 0 Å². The Morgan fingerprint density at radius 3 is 3.04 bits per heavy atom. The van der Waals surface area contributed by atoms with Crippen molar-refractivity contribution < 1.29 is 19.2 Å². The van der Waals surface area contributed by atoms with Crippen LogP contribution in [-0.2, 0) is 20.5 Å². The Bertz CT molecular complexity index is 756. The van der Waals surface area contributed by atoms with E-state index in [1.807, 2.05) is 12.3 Å². The minimum absolute atomic E-state index is 0.0164. The second-order valence-corrected chi connectivity index (χ2v) is 8.76. The predicted octanol–water partition coefficient (Wildman–Crippen LogP) is 2.16. The van der Waals surface area contributed by atoms with E-state index in [1.54, 1.807) is 24.5 Å². The first-order chi connectivity index (χ1) is 12.5. The molecule has 4 atom stereocenters. The summed E-state index contributed by atoms with van der Waals surface area (Å²) in [6.07, 6.45) is 1.77. The number of hydrogen-bond acceptors (Lipinski definition) is 8. The largest absolute Gasteiger partial charge is 0.393 e. The maximum absolute atomic E-state index is 12.5. The monoisotopic (exact) mass is 409 g/mol. The highest BCUT2D eigenvalue weighted by Gasteiger charge is 2.60. The van der Waals surface area contributed by atoms with Crippen molar-refractivity contribution in [2.24, 2.45) is 16.5 Å². The van der Waals surface area contributed by atoms with E-state index < -0.39 is 18.0 Å². The molecule has 7 nitrogen and oxygen atoms in total. The molecule has 1 amide bonds. The van der Waals surface area contributed by atoms with E-state index in [9.17, 15) is 14.7 Å². The normalized spacial score (nSPS) is 26.2. The van der Waals surface area contributed by atoms with Crippen molar-refractivity contribution in [1.29, 1.82) is 0 Å². The number of thioether (sulfide) groups is 1. The fourth-order valence-electron chi connectivity index (χ4n) is 3.43. The van der Waals surface area contributed by atoms with Gasteiger partial charge in [-0.1, -0.05) is 6.92 Å². The number of fused-ring (bicyclic) bond motifs is 1. The molecule has 3 heterocycles. The van der Waals surface area contributed by atoms with Gasteiger partial charge in [0, 0.05) is 34.6 Å². The minimum atomic E-state index is -0.764. The second-order valence-electron chi connectivity index (χ2n) is 6.07. The Labute approximate surface area is 162 Å². The molecule has 0 aromatic carbocycles. The number of amides is 1. The number of β-lactam (4-membered cyclic amide) rings is 1. The third-order valence-corrected chi connectivity index (χ3v) is 7.00. The van der Waals surface area contributed by atoms with Gasteiger partial charge < -0.3 is 19.2 Å². The fourth-order valence-corrected chi connectivity index (χ4v) is 5.63. The summed E-state index contributed by atoms with van der Waals surface area (Å²) in [6, 6.07) is -0.223. The van der Waals surface area contributed by atoms with Crippen LogP contribution in [0, 0.1) is 11.8 Å². The van der Waals surface area contributed by atoms with Crippen LogP contribution in [-0.4, -0.2) is 52.7 Å². The van der Waals surface area contributed by atoms with Crippen molar-refractivity contribution in [3.63, 3.8) is 0 Å². The molecule has 26 heavy (non-hydrogen) atoms. The van der Waals surface area contributed by atoms with Gasteiger partial charge in [-0.2, -0.15) is 0 Å². The fraction of sp³-hybridized carbons (Fsp3) is 0.533. The Kier molecular flexibility index (Phi) is 6.17. The number of aromatic nitrogens is 1. The number of carbonyl (C=O) groups excluding carboxylic acids is 2. The van der Waals surface area contributed by atoms with Crippen LogP contribution >= 0.6 is 31.7 Å². The summed E-state index contributed by atoms with van der Waals surface area (Å²) >= 11 is 3.11. The molecule has 1 fully saturated rings. The molecule has 2 radical (unpaired) electrons. The Balaban J connectivity index is 1.81. The molecule has 3 rings (SSSR count). The van der Waals surface area contributed by atoms with Gasteiger partial charge in [0.15, 0.2) is 0 Å². The molecule has 1 aromatic rings. The van der Waals surface area contributed by atoms with E-state index in [1.165, 1.54) is 16.7 Å². The summed E-state index contributed by atoms with van der Waals surface area (Å²) in [5.74, 6) is -0.689. The molecule has 0 spiro atoms. The summed E-state index contributed by atoms with van der Waals surface area (Å²) in [7, 11) is 5.02. The third-order valence-electron chi connectivity index (χ3n) is 4.53. The lowest BCUT2D eigenvalue weighted by Gasteiger charge is -2.46. The summed E-state index contributed by atoms with van der Waals surface area (Å²) in [5, 5.41) is 12.9. The van der Waals surface area contributed by atoms with Gasteiger partial charge in [-0.05, 0) is 6.92 Å². The topological polar surface area (TPSA) is 92.1 Å². The molecule has 0 bridgehead atoms. The average Bonchev–Trinajstić information content (AvgIpc) is 3.19. The van der Waals surface area contributed by atoms with Crippen LogP contribution in [0.25, 0.3) is 0 Å². The predicted molar refractivity (Wildman–Crippen MR) is 101 cm³/mol. The number of nitrogens with zero attached hydrogens (tertiary/aromatic N) is 3. The van der Waals surface area contributed by atoms with E-state index >= 15 is 0 Å². The summed E-state index contributed by atoms with van der Waals surface area (Å²) in [6.45, 7) is 3.57. The zero-order chi connectivity index (χ0) is 18.8. The summed E-state index contributed by atoms with van der Waals surface area (Å²) in [4.78, 5) is 31.5. The van der Waals surface area contributed by atoms with E-state index in [-0.39, 0.29) is 32.2 Å². The van der Waals surface area contributed by atoms with E-state index in [2.05, 4.69) is 9.64 Å². The molecule has 11 heteroatoms. The van der Waals surface area contributed by atoms with E-state index in [4.69, 9.17) is 12.5 Å².